The van der Waals surface area contributed by atoms with Gasteiger partial charge in [0, 0.05) is 0 Å². The zero-order valence-electron chi connectivity index (χ0n) is 75.3. The van der Waals surface area contributed by atoms with Crippen molar-refractivity contribution in [3.05, 3.63) is 125 Å². The molecule has 4 unspecified atom stereocenters. The van der Waals surface area contributed by atoms with Crippen molar-refractivity contribution in [2.75, 3.05) is 0 Å². The molecule has 0 heterocycles. The van der Waals surface area contributed by atoms with Crippen molar-refractivity contribution < 1.29 is 54.1 Å². The summed E-state index contributed by atoms with van der Waals surface area (Å²) in [5.41, 5.74) is 8.53. The van der Waals surface area contributed by atoms with Crippen LogP contribution in [-0.2, 0) is 54.1 Å². The molecule has 0 bridgehead atoms. The summed E-state index contributed by atoms with van der Waals surface area (Å²) in [4.78, 5) is 0. The summed E-state index contributed by atoms with van der Waals surface area (Å²) in [6, 6.07) is 19.8. The van der Waals surface area contributed by atoms with E-state index >= 15 is 0 Å². The third-order valence-electron chi connectivity index (χ3n) is 25.4. The first-order valence-electron chi connectivity index (χ1n) is 46.0. The van der Waals surface area contributed by atoms with Gasteiger partial charge >= 0.3 is 273 Å². The van der Waals surface area contributed by atoms with E-state index in [2.05, 4.69) is 37.0 Å². The van der Waals surface area contributed by atoms with Crippen molar-refractivity contribution in [2.24, 2.45) is 47.3 Å². The number of hydrogen-bond donors (Lipinski definition) is 0. The van der Waals surface area contributed by atoms with Gasteiger partial charge in [-0.3, -0.25) is 0 Å². The summed E-state index contributed by atoms with van der Waals surface area (Å²) >= 11 is -6.27. The van der Waals surface area contributed by atoms with Crippen LogP contribution in [0.15, 0.2) is 84.0 Å². The Balaban J connectivity index is 0. The molecule has 4 atom stereocenters. The molecular weight excluding hydrogens is 2010 g/mol. The molecule has 0 aliphatic heterocycles. The molecule has 14 rings (SSSR count). The summed E-state index contributed by atoms with van der Waals surface area (Å²) in [6.45, 7) is 8.06. The van der Waals surface area contributed by atoms with Crippen LogP contribution >= 0.6 is 114 Å². The molecule has 2 aromatic carbocycles. The fraction of sp³-hybridized carbons (Fsp3) is 0.760. The second kappa shape index (κ2) is 84.5. The molecule has 12 fully saturated rings. The van der Waals surface area contributed by atoms with Gasteiger partial charge in [-0.2, -0.15) is 0 Å². The fourth-order valence-electron chi connectivity index (χ4n) is 18.9. The van der Waals surface area contributed by atoms with Crippen molar-refractivity contribution in [2.45, 2.75) is 436 Å². The Labute approximate surface area is 785 Å². The molecule has 0 N–H and O–H groups in total. The van der Waals surface area contributed by atoms with Crippen LogP contribution in [0.5, 0.6) is 0 Å². The Bertz CT molecular complexity index is 2250. The Hall–Kier alpha value is 3.93. The third-order valence-corrected chi connectivity index (χ3v) is 35.4. The summed E-state index contributed by atoms with van der Waals surface area (Å²) in [5, 5.41) is 0. The molecule has 12 aliphatic rings. The van der Waals surface area contributed by atoms with E-state index in [-0.39, 0.29) is 29.7 Å². The molecule has 0 amide bonds. The number of allylic oxidation sites excluding steroid dienone is 4. The molecule has 12 aliphatic carbocycles. The Kier molecular flexibility index (Phi) is 88.8. The van der Waals surface area contributed by atoms with Gasteiger partial charge in [0.15, 0.2) is 0 Å². The van der Waals surface area contributed by atoms with Crippen molar-refractivity contribution in [1.82, 2.24) is 0 Å². The van der Waals surface area contributed by atoms with Gasteiger partial charge in [0.25, 0.3) is 0 Å². The molecule has 12 saturated carbocycles. The Morgan fingerprint density at radius 3 is 0.457 bits per heavy atom. The number of hydrogen-bond acceptors (Lipinski definition) is 0. The minimum atomic E-state index is -1.61. The Morgan fingerprint density at radius 2 is 0.362 bits per heavy atom. The van der Waals surface area contributed by atoms with Crippen molar-refractivity contribution >= 4 is 133 Å². The van der Waals surface area contributed by atoms with E-state index in [1.54, 1.807) is 103 Å². The number of benzene rings is 2. The van der Waals surface area contributed by atoms with Crippen LogP contribution in [0, 0.1) is 77.0 Å². The third kappa shape index (κ3) is 71.7. The minimum absolute atomic E-state index is 0. The van der Waals surface area contributed by atoms with Gasteiger partial charge in [0.2, 0.25) is 0 Å². The summed E-state index contributed by atoms with van der Waals surface area (Å²) in [6.07, 6.45) is 94.7. The SMILES string of the molecule is C1CCC(C2CCCCC2)CC1.C1CCC(C2CCCCC2)CC1.C1CCC(C2CCCCC2)CC1.C1CCC(C2CCCCC2)CC1.CC(C)=C[CH]=[Ru]([Cl])[Cl].CC(C)=C[CH]=[Ru]([Cl])[Cl].PC1CCCCC1.PC1CCCCC1.PC1CCCCC1.PC1CCCCC1.[CH3-].[CH3-].[CH3-].[CH3-].[Cl][Ru]([Cl])=[CH]c1ccccc1.[Cl][Ru]([Cl])=[CH]c1ccccc1. The molecule has 16 heteroatoms. The fourth-order valence-corrected chi connectivity index (χ4v) is 27.1. The number of rotatable bonds is 8. The van der Waals surface area contributed by atoms with Gasteiger partial charge in [0.1, 0.15) is 0 Å². The molecule has 0 nitrogen and oxygen atoms in total. The summed E-state index contributed by atoms with van der Waals surface area (Å²) in [7, 11) is 56.4. The van der Waals surface area contributed by atoms with Crippen LogP contribution in [0.2, 0.25) is 0 Å². The summed E-state index contributed by atoms with van der Waals surface area (Å²) < 4.78 is 7.60. The van der Waals surface area contributed by atoms with Gasteiger partial charge in [-0.1, -0.05) is 334 Å². The van der Waals surface area contributed by atoms with E-state index in [1.807, 2.05) is 119 Å². The summed E-state index contributed by atoms with van der Waals surface area (Å²) in [5.74, 6) is 9.10. The van der Waals surface area contributed by atoms with Crippen molar-refractivity contribution in [1.29, 1.82) is 0 Å². The average molecular weight is 2190 g/mol. The van der Waals surface area contributed by atoms with E-state index in [0.29, 0.717) is 0 Å². The van der Waals surface area contributed by atoms with Gasteiger partial charge in [0.05, 0.1) is 0 Å². The Morgan fingerprint density at radius 1 is 0.224 bits per heavy atom. The normalized spacial score (nSPS) is 21.4. The molecule has 0 spiro atoms. The van der Waals surface area contributed by atoms with E-state index in [4.69, 9.17) is 77.5 Å². The van der Waals surface area contributed by atoms with Gasteiger partial charge in [-0.05, 0) is 121 Å². The van der Waals surface area contributed by atoms with Crippen LogP contribution in [-0.4, -0.2) is 41.1 Å². The zero-order valence-corrected chi connectivity index (χ0v) is 93.0. The first-order valence-corrected chi connectivity index (χ1v) is 70.6. The molecule has 692 valence electrons. The van der Waals surface area contributed by atoms with Crippen LogP contribution in [0.3, 0.4) is 0 Å². The molecule has 0 radical (unpaired) electrons. The standard InChI is InChI=1S/4C12H22.2C7H6.4C6H13P.2C5H8.4CH3.8ClH.4Ru/c4*1-3-7-11(8-4-1)12-9-5-2-6-10-12;2*1-7-5-3-2-4-6-7;4*7-6-4-2-1-3-5-6;2*1-4-5(2)3;;;;;;;;;;;;;;;;/h4*11-12H,1-10H2;2*1-6H;4*6H,1-5,7H2;2*1,4H,2-3H3;4*1H3;8*1H;;;;/q;;;;;;;;;;;;4*-1;;;;;;;;;4*+2/p-8. The predicted molar refractivity (Wildman–Crippen MR) is 546 cm³/mol. The van der Waals surface area contributed by atoms with Crippen molar-refractivity contribution in [3.8, 4) is 0 Å². The van der Waals surface area contributed by atoms with E-state index < -0.39 is 54.1 Å². The quantitative estimate of drug-likeness (QED) is 0.140. The second-order valence-electron chi connectivity index (χ2n) is 35.3. The maximum atomic E-state index is 5.67. The molecule has 0 aromatic heterocycles. The van der Waals surface area contributed by atoms with Crippen molar-refractivity contribution in [3.63, 3.8) is 0 Å². The first-order chi connectivity index (χ1) is 54.3. The first kappa shape index (κ1) is 122. The van der Waals surface area contributed by atoms with E-state index in [1.165, 1.54) is 294 Å². The monoisotopic (exact) mass is 2190 g/mol. The molecule has 116 heavy (non-hydrogen) atoms. The van der Waals surface area contributed by atoms with Crippen LogP contribution in [0.4, 0.5) is 0 Å². The van der Waals surface area contributed by atoms with Gasteiger partial charge in [-0.25, -0.2) is 0 Å². The van der Waals surface area contributed by atoms with Crippen LogP contribution < -0.4 is 0 Å². The second-order valence-corrected chi connectivity index (χ2v) is 62.2. The maximum absolute atomic E-state index is 5.67. The van der Waals surface area contributed by atoms with E-state index in [9.17, 15) is 0 Å². The van der Waals surface area contributed by atoms with Crippen LogP contribution in [0.1, 0.15) is 424 Å². The van der Waals surface area contributed by atoms with Gasteiger partial charge < -0.3 is 29.7 Å². The van der Waals surface area contributed by atoms with Crippen LogP contribution in [0.25, 0.3) is 0 Å². The van der Waals surface area contributed by atoms with Gasteiger partial charge in [-0.15, -0.1) is 37.0 Å². The molecular formula is C100H180Cl8P4Ru4-4. The topological polar surface area (TPSA) is 0 Å². The number of halogens is 8. The predicted octanol–water partition coefficient (Wildman–Crippen LogP) is 38.1. The zero-order chi connectivity index (χ0) is 81.3. The average Bonchev–Trinajstić information content (AvgIpc) is 0.900. The van der Waals surface area contributed by atoms with E-state index in [0.717, 1.165) is 81.1 Å². The molecule has 2 aromatic rings. The molecule has 0 saturated heterocycles.